The zero-order valence-corrected chi connectivity index (χ0v) is 8.06. The van der Waals surface area contributed by atoms with Crippen molar-refractivity contribution in [2.75, 3.05) is 5.32 Å². The fraction of sp³-hybridized carbons (Fsp3) is 0. The van der Waals surface area contributed by atoms with Gasteiger partial charge < -0.3 is 10.4 Å². The third kappa shape index (κ3) is 1.15. The van der Waals surface area contributed by atoms with Crippen LogP contribution in [0.5, 0.6) is 5.75 Å². The van der Waals surface area contributed by atoms with Gasteiger partial charge in [-0.3, -0.25) is 9.78 Å². The Morgan fingerprint density at radius 1 is 1.25 bits per heavy atom. The summed E-state index contributed by atoms with van der Waals surface area (Å²) in [6, 6.07) is 3.48. The first-order valence-corrected chi connectivity index (χ1v) is 4.64. The molecule has 2 heterocycles. The minimum Gasteiger partial charge on any atom is -0.477 e. The standard InChI is InChI=1S/C11H7NO4/c13-11(14)9-2-1-6-7-5-15-16-10(7)4-3-8(6)12-9/h1-5,12H,(H,13,14). The molecule has 80 valence electrons. The molecule has 2 aliphatic rings. The topological polar surface area (TPSA) is 67.8 Å². The predicted octanol–water partition coefficient (Wildman–Crippen LogP) is -0.0769. The van der Waals surface area contributed by atoms with Gasteiger partial charge in [-0.25, -0.2) is 4.79 Å². The highest BCUT2D eigenvalue weighted by molar-refractivity contribution is 5.93. The number of nitrogens with one attached hydrogen (secondary N) is 1. The lowest BCUT2D eigenvalue weighted by Gasteiger charge is -2.11. The fourth-order valence-electron chi connectivity index (χ4n) is 1.70. The smallest absolute Gasteiger partial charge is 0.352 e. The van der Waals surface area contributed by atoms with E-state index in [4.69, 9.17) is 14.9 Å². The first kappa shape index (κ1) is 8.84. The van der Waals surface area contributed by atoms with Gasteiger partial charge in [-0.1, -0.05) is 0 Å². The Hall–Kier alpha value is -2.43. The highest BCUT2D eigenvalue weighted by Crippen LogP contribution is 2.14. The number of aliphatic carboxylic acids is 1. The van der Waals surface area contributed by atoms with Crippen molar-refractivity contribution in [2.45, 2.75) is 0 Å². The molecule has 16 heavy (non-hydrogen) atoms. The third-order valence-electron chi connectivity index (χ3n) is 2.47. The van der Waals surface area contributed by atoms with Crippen LogP contribution in [0.25, 0.3) is 12.3 Å². The average Bonchev–Trinajstić information content (AvgIpc) is 2.76. The summed E-state index contributed by atoms with van der Waals surface area (Å²) in [6.45, 7) is 0. The molecule has 0 amide bonds. The van der Waals surface area contributed by atoms with Crippen LogP contribution in [0.2, 0.25) is 0 Å². The van der Waals surface area contributed by atoms with Crippen LogP contribution in [-0.4, -0.2) is 11.1 Å². The summed E-state index contributed by atoms with van der Waals surface area (Å²) in [7, 11) is 0. The maximum Gasteiger partial charge on any atom is 0.352 e. The van der Waals surface area contributed by atoms with Crippen LogP contribution >= 0.6 is 0 Å². The van der Waals surface area contributed by atoms with Gasteiger partial charge in [0.25, 0.3) is 0 Å². The van der Waals surface area contributed by atoms with E-state index in [9.17, 15) is 4.79 Å². The van der Waals surface area contributed by atoms with E-state index in [0.717, 1.165) is 16.1 Å². The van der Waals surface area contributed by atoms with E-state index in [-0.39, 0.29) is 5.70 Å². The summed E-state index contributed by atoms with van der Waals surface area (Å²) in [6.07, 6.45) is 4.73. The fourth-order valence-corrected chi connectivity index (χ4v) is 1.70. The van der Waals surface area contributed by atoms with Crippen LogP contribution in [-0.2, 0) is 9.68 Å². The molecule has 0 fully saturated rings. The quantitative estimate of drug-likeness (QED) is 0.644. The highest BCUT2D eigenvalue weighted by Gasteiger charge is 2.15. The summed E-state index contributed by atoms with van der Waals surface area (Å²) in [5.74, 6) is -0.358. The number of fused-ring (bicyclic) bond motifs is 3. The number of carbonyl (C=O) groups is 1. The van der Waals surface area contributed by atoms with E-state index in [2.05, 4.69) is 5.32 Å². The third-order valence-corrected chi connectivity index (χ3v) is 2.47. The Balaban J connectivity index is 2.26. The van der Waals surface area contributed by atoms with Crippen LogP contribution < -0.4 is 20.6 Å². The zero-order valence-electron chi connectivity index (χ0n) is 8.06. The Bertz CT molecular complexity index is 630. The second kappa shape index (κ2) is 3.03. The second-order valence-electron chi connectivity index (χ2n) is 3.41. The first-order chi connectivity index (χ1) is 7.75. The Morgan fingerprint density at radius 3 is 2.94 bits per heavy atom. The molecular formula is C11H7NO4. The molecule has 0 bridgehead atoms. The highest BCUT2D eigenvalue weighted by atomic mass is 17.2. The van der Waals surface area contributed by atoms with Crippen LogP contribution in [0.4, 0.5) is 5.69 Å². The van der Waals surface area contributed by atoms with Crippen LogP contribution in [0.15, 0.2) is 23.9 Å². The first-order valence-electron chi connectivity index (χ1n) is 4.64. The van der Waals surface area contributed by atoms with E-state index in [1.165, 1.54) is 12.3 Å². The van der Waals surface area contributed by atoms with Crippen molar-refractivity contribution in [3.8, 4) is 5.75 Å². The maximum absolute atomic E-state index is 10.8. The van der Waals surface area contributed by atoms with Gasteiger partial charge in [-0.2, -0.15) is 0 Å². The number of hydrogen-bond donors (Lipinski definition) is 2. The number of benzene rings is 1. The monoisotopic (exact) mass is 217 g/mol. The van der Waals surface area contributed by atoms with E-state index in [1.54, 1.807) is 18.2 Å². The molecule has 0 saturated carbocycles. The predicted molar refractivity (Wildman–Crippen MR) is 55.7 cm³/mol. The van der Waals surface area contributed by atoms with Gasteiger partial charge in [0, 0.05) is 10.9 Å². The van der Waals surface area contributed by atoms with Gasteiger partial charge in [0.05, 0.1) is 5.22 Å². The minimum absolute atomic E-state index is 0.146. The molecule has 1 aromatic rings. The average molecular weight is 217 g/mol. The molecule has 0 unspecified atom stereocenters. The van der Waals surface area contributed by atoms with E-state index in [1.807, 2.05) is 0 Å². The molecule has 0 aromatic heterocycles. The zero-order chi connectivity index (χ0) is 11.1. The van der Waals surface area contributed by atoms with Gasteiger partial charge in [0.1, 0.15) is 5.70 Å². The molecule has 0 spiro atoms. The number of hydrogen-bond acceptors (Lipinski definition) is 4. The molecule has 2 aliphatic heterocycles. The van der Waals surface area contributed by atoms with Crippen LogP contribution in [0.1, 0.15) is 0 Å². The van der Waals surface area contributed by atoms with Gasteiger partial charge in [-0.05, 0) is 24.3 Å². The van der Waals surface area contributed by atoms with Crippen molar-refractivity contribution < 1.29 is 19.7 Å². The van der Waals surface area contributed by atoms with Crippen molar-refractivity contribution in [1.29, 1.82) is 0 Å². The van der Waals surface area contributed by atoms with Gasteiger partial charge in [0.15, 0.2) is 12.0 Å². The van der Waals surface area contributed by atoms with Gasteiger partial charge >= 0.3 is 5.97 Å². The molecule has 5 nitrogen and oxygen atoms in total. The molecule has 2 N–H and O–H groups in total. The SMILES string of the molecule is O=C(O)C1=CC=c2c(ccc3c2=COO3)N1. The normalized spacial score (nSPS) is 15.1. The summed E-state index contributed by atoms with van der Waals surface area (Å²) >= 11 is 0. The van der Waals surface area contributed by atoms with E-state index >= 15 is 0 Å². The van der Waals surface area contributed by atoms with Gasteiger partial charge in [0.2, 0.25) is 0 Å². The van der Waals surface area contributed by atoms with E-state index in [0.29, 0.717) is 5.75 Å². The van der Waals surface area contributed by atoms with Gasteiger partial charge in [-0.15, -0.1) is 0 Å². The van der Waals surface area contributed by atoms with Crippen molar-refractivity contribution in [3.05, 3.63) is 34.3 Å². The lowest BCUT2D eigenvalue weighted by Crippen LogP contribution is -2.30. The molecular weight excluding hydrogens is 210 g/mol. The molecule has 5 heteroatoms. The second-order valence-corrected chi connectivity index (χ2v) is 3.41. The number of rotatable bonds is 1. The molecule has 1 aromatic carbocycles. The summed E-state index contributed by atoms with van der Waals surface area (Å²) < 4.78 is 0. The number of carboxylic acids is 1. The summed E-state index contributed by atoms with van der Waals surface area (Å²) in [5.41, 5.74) is 0.872. The summed E-state index contributed by atoms with van der Waals surface area (Å²) in [5, 5.41) is 13.3. The van der Waals surface area contributed by atoms with Crippen molar-refractivity contribution in [3.63, 3.8) is 0 Å². The van der Waals surface area contributed by atoms with Crippen LogP contribution in [0.3, 0.4) is 0 Å². The minimum atomic E-state index is -0.987. The number of anilines is 1. The maximum atomic E-state index is 10.8. The number of allylic oxidation sites excluding steroid dienone is 1. The molecule has 0 radical (unpaired) electrons. The van der Waals surface area contributed by atoms with Crippen LogP contribution in [0, 0.1) is 0 Å². The Labute approximate surface area is 89.8 Å². The van der Waals surface area contributed by atoms with Crippen molar-refractivity contribution in [2.24, 2.45) is 0 Å². The Morgan fingerprint density at radius 2 is 2.12 bits per heavy atom. The molecule has 0 atom stereocenters. The van der Waals surface area contributed by atoms with Crippen molar-refractivity contribution in [1.82, 2.24) is 0 Å². The number of carboxylic acid groups (broad SMARTS) is 1. The molecule has 0 saturated heterocycles. The Kier molecular flexibility index (Phi) is 1.67. The molecule has 0 aliphatic carbocycles. The van der Waals surface area contributed by atoms with Crippen molar-refractivity contribution >= 4 is 24.0 Å². The summed E-state index contributed by atoms with van der Waals surface area (Å²) in [4.78, 5) is 20.4. The van der Waals surface area contributed by atoms with E-state index < -0.39 is 5.97 Å². The lowest BCUT2D eigenvalue weighted by molar-refractivity contribution is -0.132. The molecule has 3 rings (SSSR count). The lowest BCUT2D eigenvalue weighted by atomic mass is 10.1. The largest absolute Gasteiger partial charge is 0.477 e.